The number of amides is 1. The molecule has 0 saturated carbocycles. The first-order valence-corrected chi connectivity index (χ1v) is 11.9. The lowest BCUT2D eigenvalue weighted by atomic mass is 10.2. The van der Waals surface area contributed by atoms with Crippen molar-refractivity contribution >= 4 is 45.1 Å². The number of esters is 1. The molecule has 9 nitrogen and oxygen atoms in total. The zero-order valence-electron chi connectivity index (χ0n) is 20.2. The third kappa shape index (κ3) is 5.45. The van der Waals surface area contributed by atoms with Gasteiger partial charge in [-0.3, -0.25) is 0 Å². The largest absolute Gasteiger partial charge is 0.486 e. The number of methoxy groups -OCH3 is 1. The van der Waals surface area contributed by atoms with Crippen molar-refractivity contribution < 1.29 is 28.2 Å². The molecule has 3 aromatic rings. The van der Waals surface area contributed by atoms with Crippen LogP contribution in [0.4, 0.5) is 20.7 Å². The normalized spacial score (nSPS) is 15.8. The molecule has 0 unspecified atom stereocenters. The van der Waals surface area contributed by atoms with Gasteiger partial charge in [-0.05, 0) is 45.4 Å². The predicted molar refractivity (Wildman–Crippen MR) is 130 cm³/mol. The SMILES string of the molecule is COC(=O)c1sc2ncnc(Nc3ccc(F)cc3O[C@H]3CCN(C(=O)OC(C)(C)C)C3)c2c1C. The van der Waals surface area contributed by atoms with Crippen molar-refractivity contribution in [2.45, 2.75) is 45.8 Å². The molecule has 1 saturated heterocycles. The van der Waals surface area contributed by atoms with Crippen molar-refractivity contribution in [3.63, 3.8) is 0 Å². The van der Waals surface area contributed by atoms with Crippen LogP contribution in [0.3, 0.4) is 0 Å². The summed E-state index contributed by atoms with van der Waals surface area (Å²) in [4.78, 5) is 35.8. The monoisotopic (exact) mass is 502 g/mol. The Morgan fingerprint density at radius 1 is 1.26 bits per heavy atom. The highest BCUT2D eigenvalue weighted by molar-refractivity contribution is 7.20. The molecule has 1 N–H and O–H groups in total. The molecule has 0 spiro atoms. The molecule has 1 amide bonds. The van der Waals surface area contributed by atoms with Gasteiger partial charge in [0.2, 0.25) is 0 Å². The number of nitrogens with zero attached hydrogens (tertiary/aromatic N) is 3. The summed E-state index contributed by atoms with van der Waals surface area (Å²) in [6, 6.07) is 4.16. The molecular formula is C24H27FN4O5S. The number of anilines is 2. The summed E-state index contributed by atoms with van der Waals surface area (Å²) in [7, 11) is 1.33. The van der Waals surface area contributed by atoms with E-state index >= 15 is 0 Å². The Hall–Kier alpha value is -3.47. The van der Waals surface area contributed by atoms with Crippen molar-refractivity contribution in [3.8, 4) is 5.75 Å². The Morgan fingerprint density at radius 2 is 2.03 bits per heavy atom. The summed E-state index contributed by atoms with van der Waals surface area (Å²) in [5.74, 6) is -0.163. The van der Waals surface area contributed by atoms with E-state index < -0.39 is 23.5 Å². The zero-order chi connectivity index (χ0) is 25.3. The lowest BCUT2D eigenvalue weighted by Crippen LogP contribution is -2.36. The number of carbonyl (C=O) groups excluding carboxylic acids is 2. The van der Waals surface area contributed by atoms with Gasteiger partial charge in [0.1, 0.15) is 45.1 Å². The van der Waals surface area contributed by atoms with Gasteiger partial charge in [0.05, 0.1) is 24.7 Å². The number of benzene rings is 1. The topological polar surface area (TPSA) is 103 Å². The van der Waals surface area contributed by atoms with E-state index in [2.05, 4.69) is 15.3 Å². The van der Waals surface area contributed by atoms with Crippen molar-refractivity contribution in [2.75, 3.05) is 25.5 Å². The Kier molecular flexibility index (Phi) is 6.79. The number of rotatable bonds is 5. The van der Waals surface area contributed by atoms with Gasteiger partial charge < -0.3 is 24.4 Å². The lowest BCUT2D eigenvalue weighted by molar-refractivity contribution is 0.0275. The van der Waals surface area contributed by atoms with E-state index in [0.29, 0.717) is 51.7 Å². The van der Waals surface area contributed by atoms with Gasteiger partial charge in [0, 0.05) is 19.0 Å². The highest BCUT2D eigenvalue weighted by Gasteiger charge is 2.31. The number of aromatic nitrogens is 2. The number of nitrogens with one attached hydrogen (secondary N) is 1. The van der Waals surface area contributed by atoms with Gasteiger partial charge in [-0.25, -0.2) is 23.9 Å². The van der Waals surface area contributed by atoms with Crippen molar-refractivity contribution in [1.82, 2.24) is 14.9 Å². The number of fused-ring (bicyclic) bond motifs is 1. The number of halogens is 1. The number of ether oxygens (including phenoxy) is 3. The molecule has 186 valence electrons. The lowest BCUT2D eigenvalue weighted by Gasteiger charge is -2.24. The van der Waals surface area contributed by atoms with Gasteiger partial charge in [-0.15, -0.1) is 11.3 Å². The molecule has 0 bridgehead atoms. The predicted octanol–water partition coefficient (Wildman–Crippen LogP) is 5.06. The van der Waals surface area contributed by atoms with E-state index in [4.69, 9.17) is 14.2 Å². The average Bonchev–Trinajstić information content (AvgIpc) is 3.39. The molecule has 4 rings (SSSR count). The minimum Gasteiger partial charge on any atom is -0.486 e. The maximum absolute atomic E-state index is 14.1. The van der Waals surface area contributed by atoms with Gasteiger partial charge >= 0.3 is 12.1 Å². The fourth-order valence-electron chi connectivity index (χ4n) is 3.77. The summed E-state index contributed by atoms with van der Waals surface area (Å²) in [5.41, 5.74) is 0.590. The van der Waals surface area contributed by atoms with Gasteiger partial charge in [0.15, 0.2) is 0 Å². The van der Waals surface area contributed by atoms with Gasteiger partial charge in [0.25, 0.3) is 0 Å². The molecule has 1 aromatic carbocycles. The number of hydrogen-bond acceptors (Lipinski definition) is 9. The Morgan fingerprint density at radius 3 is 2.74 bits per heavy atom. The van der Waals surface area contributed by atoms with Crippen LogP contribution in [-0.2, 0) is 9.47 Å². The van der Waals surface area contributed by atoms with Crippen LogP contribution >= 0.6 is 11.3 Å². The molecule has 2 aromatic heterocycles. The smallest absolute Gasteiger partial charge is 0.410 e. The first-order chi connectivity index (χ1) is 16.6. The van der Waals surface area contributed by atoms with Crippen LogP contribution in [0.2, 0.25) is 0 Å². The molecule has 35 heavy (non-hydrogen) atoms. The van der Waals surface area contributed by atoms with Gasteiger partial charge in [-0.1, -0.05) is 0 Å². The molecule has 1 fully saturated rings. The second-order valence-electron chi connectivity index (χ2n) is 9.17. The van der Waals surface area contributed by atoms with E-state index in [1.165, 1.54) is 36.9 Å². The minimum absolute atomic E-state index is 0.286. The second-order valence-corrected chi connectivity index (χ2v) is 10.2. The first-order valence-electron chi connectivity index (χ1n) is 11.1. The molecule has 0 radical (unpaired) electrons. The molecule has 1 aliphatic heterocycles. The number of hydrogen-bond donors (Lipinski definition) is 1. The summed E-state index contributed by atoms with van der Waals surface area (Å²) in [5, 5.41) is 3.87. The van der Waals surface area contributed by atoms with Crippen molar-refractivity contribution in [2.24, 2.45) is 0 Å². The van der Waals surface area contributed by atoms with Crippen LogP contribution in [0.1, 0.15) is 42.4 Å². The highest BCUT2D eigenvalue weighted by atomic mass is 32.1. The van der Waals surface area contributed by atoms with Crippen LogP contribution in [0, 0.1) is 12.7 Å². The third-order valence-corrected chi connectivity index (χ3v) is 6.56. The van der Waals surface area contributed by atoms with Crippen LogP contribution < -0.4 is 10.1 Å². The Labute approximate surface area is 206 Å². The van der Waals surface area contributed by atoms with Crippen LogP contribution in [-0.4, -0.2) is 58.8 Å². The molecular weight excluding hydrogens is 475 g/mol. The third-order valence-electron chi connectivity index (χ3n) is 5.38. The second kappa shape index (κ2) is 9.65. The van der Waals surface area contributed by atoms with E-state index in [9.17, 15) is 14.0 Å². The van der Waals surface area contributed by atoms with Gasteiger partial charge in [-0.2, -0.15) is 0 Å². The molecule has 11 heteroatoms. The van der Waals surface area contributed by atoms with Crippen molar-refractivity contribution in [1.29, 1.82) is 0 Å². The van der Waals surface area contributed by atoms with E-state index in [1.54, 1.807) is 17.9 Å². The molecule has 3 heterocycles. The fourth-order valence-corrected chi connectivity index (χ4v) is 4.84. The van der Waals surface area contributed by atoms with Crippen LogP contribution in [0.15, 0.2) is 24.5 Å². The number of likely N-dealkylation sites (tertiary alicyclic amines) is 1. The maximum atomic E-state index is 14.1. The fraction of sp³-hybridized carbons (Fsp3) is 0.417. The minimum atomic E-state index is -0.591. The quantitative estimate of drug-likeness (QED) is 0.483. The van der Waals surface area contributed by atoms with Crippen LogP contribution in [0.5, 0.6) is 5.75 Å². The maximum Gasteiger partial charge on any atom is 0.410 e. The summed E-state index contributed by atoms with van der Waals surface area (Å²) < 4.78 is 30.5. The van der Waals surface area contributed by atoms with Crippen molar-refractivity contribution in [3.05, 3.63) is 40.8 Å². The number of carbonyl (C=O) groups is 2. The van der Waals surface area contributed by atoms with E-state index in [0.717, 1.165) is 0 Å². The first kappa shape index (κ1) is 24.6. The summed E-state index contributed by atoms with van der Waals surface area (Å²) >= 11 is 1.21. The van der Waals surface area contributed by atoms with E-state index in [1.807, 2.05) is 20.8 Å². The highest BCUT2D eigenvalue weighted by Crippen LogP contribution is 2.37. The zero-order valence-corrected chi connectivity index (χ0v) is 21.0. The molecule has 1 aliphatic rings. The number of aryl methyl sites for hydroxylation is 1. The Balaban J connectivity index is 1.57. The molecule has 1 atom stereocenters. The standard InChI is InChI=1S/C24H27FN4O5S/c1-13-18-20(26-12-27-21(18)35-19(13)22(30)32-5)28-16-7-6-14(25)10-17(16)33-15-8-9-29(11-15)23(31)34-24(2,3)4/h6-7,10,12,15H,8-9,11H2,1-5H3,(H,26,27,28)/t15-/m0/s1. The Bertz CT molecular complexity index is 1270. The van der Waals surface area contributed by atoms with E-state index in [-0.39, 0.29) is 11.9 Å². The summed E-state index contributed by atoms with van der Waals surface area (Å²) in [6.07, 6.45) is 1.24. The van der Waals surface area contributed by atoms with Crippen LogP contribution in [0.25, 0.3) is 10.2 Å². The number of thiophene rings is 1. The molecule has 0 aliphatic carbocycles. The summed E-state index contributed by atoms with van der Waals surface area (Å²) in [6.45, 7) is 8.04. The average molecular weight is 503 g/mol.